The second kappa shape index (κ2) is 6.38. The first-order chi connectivity index (χ1) is 14.5. The molecule has 1 saturated carbocycles. The number of carbonyl (C=O) groups is 3. The molecule has 4 nitrogen and oxygen atoms in total. The molecule has 1 aliphatic heterocycles. The van der Waals surface area contributed by atoms with E-state index in [9.17, 15) is 14.4 Å². The van der Waals surface area contributed by atoms with Crippen LogP contribution in [0.3, 0.4) is 0 Å². The summed E-state index contributed by atoms with van der Waals surface area (Å²) in [6.45, 7) is 7.95. The minimum atomic E-state index is -1.62. The van der Waals surface area contributed by atoms with E-state index in [4.69, 9.17) is 4.74 Å². The van der Waals surface area contributed by atoms with Crippen LogP contribution in [0.25, 0.3) is 10.8 Å². The summed E-state index contributed by atoms with van der Waals surface area (Å²) in [5.74, 6) is -0.557. The summed E-state index contributed by atoms with van der Waals surface area (Å²) in [5.41, 5.74) is -0.918. The largest absolute Gasteiger partial charge is 0.474 e. The Hall–Kier alpha value is -2.75. The third kappa shape index (κ3) is 2.91. The van der Waals surface area contributed by atoms with Crippen LogP contribution in [0.15, 0.2) is 53.8 Å². The summed E-state index contributed by atoms with van der Waals surface area (Å²) < 4.78 is 6.39. The molecule has 2 aliphatic carbocycles. The van der Waals surface area contributed by atoms with E-state index >= 15 is 0 Å². The van der Waals surface area contributed by atoms with Gasteiger partial charge in [0.2, 0.25) is 5.60 Å². The predicted octanol–water partition coefficient (Wildman–Crippen LogP) is 5.29. The van der Waals surface area contributed by atoms with Crippen LogP contribution < -0.4 is 0 Å². The van der Waals surface area contributed by atoms with Gasteiger partial charge in [-0.25, -0.2) is 0 Å². The maximum absolute atomic E-state index is 13.7. The molecule has 0 N–H and O–H groups in total. The van der Waals surface area contributed by atoms with E-state index in [-0.39, 0.29) is 35.6 Å². The summed E-state index contributed by atoms with van der Waals surface area (Å²) in [6, 6.07) is 13.8. The molecule has 1 fully saturated rings. The van der Waals surface area contributed by atoms with Gasteiger partial charge in [0.05, 0.1) is 5.92 Å². The molecule has 0 aromatic heterocycles. The Labute approximate surface area is 182 Å². The van der Waals surface area contributed by atoms with E-state index in [2.05, 4.69) is 0 Å². The van der Waals surface area contributed by atoms with E-state index in [0.29, 0.717) is 24.2 Å². The molecule has 0 radical (unpaired) electrons. The summed E-state index contributed by atoms with van der Waals surface area (Å²) >= 11 is 0. The van der Waals surface area contributed by atoms with E-state index in [1.165, 1.54) is 0 Å². The lowest BCUT2D eigenvalue weighted by Gasteiger charge is -2.41. The molecule has 1 heterocycles. The van der Waals surface area contributed by atoms with Crippen LogP contribution in [0.4, 0.5) is 0 Å². The molecule has 3 aliphatic rings. The standard InChI is InChI=1S/C27H28O4/c1-25(2)12-19(28)23-20(13-25)31-27(21(29)14-26(3,4)15-22(27)30)24(23)18-11-7-9-16-8-5-6-10-17(16)18/h5-11,24H,12-15H2,1-4H3/t24-/m1/s1. The summed E-state index contributed by atoms with van der Waals surface area (Å²) in [5, 5.41) is 1.97. The molecule has 160 valence electrons. The lowest BCUT2D eigenvalue weighted by molar-refractivity contribution is -0.160. The van der Waals surface area contributed by atoms with Gasteiger partial charge in [-0.3, -0.25) is 14.4 Å². The van der Waals surface area contributed by atoms with Crippen molar-refractivity contribution in [1.29, 1.82) is 0 Å². The normalized spacial score (nSPS) is 26.3. The first-order valence-corrected chi connectivity index (χ1v) is 11.0. The van der Waals surface area contributed by atoms with Gasteiger partial charge < -0.3 is 4.74 Å². The van der Waals surface area contributed by atoms with Crippen molar-refractivity contribution in [3.05, 3.63) is 59.4 Å². The van der Waals surface area contributed by atoms with Gasteiger partial charge in [-0.2, -0.15) is 0 Å². The second-order valence-electron chi connectivity index (χ2n) is 11.0. The van der Waals surface area contributed by atoms with Crippen molar-refractivity contribution < 1.29 is 19.1 Å². The number of Topliss-reactive ketones (excluding diaryl/α,β-unsaturated/α-hetero) is 3. The van der Waals surface area contributed by atoms with Gasteiger partial charge in [-0.15, -0.1) is 0 Å². The van der Waals surface area contributed by atoms with Gasteiger partial charge in [0.1, 0.15) is 5.76 Å². The monoisotopic (exact) mass is 416 g/mol. The molecule has 2 aromatic carbocycles. The van der Waals surface area contributed by atoms with Gasteiger partial charge in [0.25, 0.3) is 0 Å². The van der Waals surface area contributed by atoms with Gasteiger partial charge in [-0.1, -0.05) is 70.2 Å². The van der Waals surface area contributed by atoms with Crippen molar-refractivity contribution in [3.63, 3.8) is 0 Å². The Morgan fingerprint density at radius 1 is 0.774 bits per heavy atom. The van der Waals surface area contributed by atoms with E-state index in [1.54, 1.807) is 0 Å². The van der Waals surface area contributed by atoms with Crippen molar-refractivity contribution in [2.45, 2.75) is 64.9 Å². The fourth-order valence-corrected chi connectivity index (χ4v) is 5.81. The molecule has 1 atom stereocenters. The molecule has 5 rings (SSSR count). The highest BCUT2D eigenvalue weighted by atomic mass is 16.5. The summed E-state index contributed by atoms with van der Waals surface area (Å²) in [7, 11) is 0. The lowest BCUT2D eigenvalue weighted by Crippen LogP contribution is -2.57. The number of allylic oxidation sites excluding steroid dienone is 1. The highest BCUT2D eigenvalue weighted by Gasteiger charge is 2.65. The van der Waals surface area contributed by atoms with Crippen molar-refractivity contribution in [2.75, 3.05) is 0 Å². The number of benzene rings is 2. The van der Waals surface area contributed by atoms with Crippen LogP contribution in [0.5, 0.6) is 0 Å². The van der Waals surface area contributed by atoms with Gasteiger partial charge in [0.15, 0.2) is 17.3 Å². The average Bonchev–Trinajstić information content (AvgIpc) is 3.00. The number of hydrogen-bond acceptors (Lipinski definition) is 4. The fourth-order valence-electron chi connectivity index (χ4n) is 5.81. The molecule has 0 unspecified atom stereocenters. The zero-order valence-electron chi connectivity index (χ0n) is 18.6. The van der Waals surface area contributed by atoms with Gasteiger partial charge in [0, 0.05) is 31.3 Å². The van der Waals surface area contributed by atoms with Crippen LogP contribution in [0.2, 0.25) is 0 Å². The molecule has 4 heteroatoms. The quantitative estimate of drug-likeness (QED) is 0.593. The number of carbonyl (C=O) groups excluding carboxylic acids is 3. The maximum Gasteiger partial charge on any atom is 0.234 e. The Balaban J connectivity index is 1.78. The second-order valence-corrected chi connectivity index (χ2v) is 11.0. The van der Waals surface area contributed by atoms with E-state index in [1.807, 2.05) is 70.2 Å². The van der Waals surface area contributed by atoms with E-state index in [0.717, 1.165) is 16.3 Å². The number of hydrogen-bond donors (Lipinski definition) is 0. The molecular formula is C27H28O4. The summed E-state index contributed by atoms with van der Waals surface area (Å²) in [6.07, 6.45) is 1.47. The van der Waals surface area contributed by atoms with Crippen LogP contribution in [0.1, 0.15) is 64.9 Å². The van der Waals surface area contributed by atoms with Gasteiger partial charge in [-0.05, 0) is 27.2 Å². The van der Waals surface area contributed by atoms with Crippen LogP contribution >= 0.6 is 0 Å². The third-order valence-corrected chi connectivity index (χ3v) is 7.10. The first kappa shape index (κ1) is 20.2. The van der Waals surface area contributed by atoms with Crippen molar-refractivity contribution >= 4 is 28.1 Å². The fraction of sp³-hybridized carbons (Fsp3) is 0.444. The van der Waals surface area contributed by atoms with Crippen molar-refractivity contribution in [3.8, 4) is 0 Å². The van der Waals surface area contributed by atoms with Crippen LogP contribution in [-0.2, 0) is 19.1 Å². The Morgan fingerprint density at radius 2 is 1.39 bits per heavy atom. The number of fused-ring (bicyclic) bond motifs is 1. The molecule has 0 amide bonds. The molecule has 1 spiro atoms. The minimum Gasteiger partial charge on any atom is -0.474 e. The summed E-state index contributed by atoms with van der Waals surface area (Å²) in [4.78, 5) is 40.8. The Bertz CT molecular complexity index is 1160. The van der Waals surface area contributed by atoms with Crippen molar-refractivity contribution in [2.24, 2.45) is 10.8 Å². The SMILES string of the molecule is CC1(C)CC(=O)C2(OC3=C(C(=O)CC(C)(C)C3)[C@H]2c2cccc3ccccc23)C(=O)C1. The highest BCUT2D eigenvalue weighted by Crippen LogP contribution is 2.57. The number of ether oxygens (including phenoxy) is 1. The van der Waals surface area contributed by atoms with E-state index < -0.39 is 16.9 Å². The zero-order valence-corrected chi connectivity index (χ0v) is 18.6. The average molecular weight is 417 g/mol. The Kier molecular flexibility index (Phi) is 4.15. The minimum absolute atomic E-state index is 0.00788. The number of rotatable bonds is 1. The van der Waals surface area contributed by atoms with Crippen LogP contribution in [0, 0.1) is 10.8 Å². The predicted molar refractivity (Wildman–Crippen MR) is 119 cm³/mol. The smallest absolute Gasteiger partial charge is 0.234 e. The lowest BCUT2D eigenvalue weighted by atomic mass is 9.61. The molecular weight excluding hydrogens is 388 g/mol. The molecule has 2 aromatic rings. The van der Waals surface area contributed by atoms with Crippen molar-refractivity contribution in [1.82, 2.24) is 0 Å². The topological polar surface area (TPSA) is 60.4 Å². The molecule has 0 bridgehead atoms. The maximum atomic E-state index is 13.7. The number of ketones is 3. The first-order valence-electron chi connectivity index (χ1n) is 11.0. The molecule has 31 heavy (non-hydrogen) atoms. The third-order valence-electron chi connectivity index (χ3n) is 7.10. The zero-order chi connectivity index (χ0) is 22.2. The molecule has 0 saturated heterocycles. The highest BCUT2D eigenvalue weighted by molar-refractivity contribution is 6.17. The van der Waals surface area contributed by atoms with Crippen LogP contribution in [-0.4, -0.2) is 23.0 Å². The van der Waals surface area contributed by atoms with Gasteiger partial charge >= 0.3 is 0 Å². The Morgan fingerprint density at radius 3 is 2.10 bits per heavy atom.